The second-order valence-electron chi connectivity index (χ2n) is 7.98. The van der Waals surface area contributed by atoms with Crippen molar-refractivity contribution in [1.82, 2.24) is 15.1 Å². The first-order chi connectivity index (χ1) is 14.2. The van der Waals surface area contributed by atoms with Crippen molar-refractivity contribution < 1.29 is 4.79 Å². The van der Waals surface area contributed by atoms with Crippen molar-refractivity contribution in [2.45, 2.75) is 44.2 Å². The molecule has 29 heavy (non-hydrogen) atoms. The van der Waals surface area contributed by atoms with Crippen LogP contribution in [0, 0.1) is 11.3 Å². The molecule has 0 saturated heterocycles. The van der Waals surface area contributed by atoms with Gasteiger partial charge in [-0.1, -0.05) is 24.3 Å². The molecule has 1 saturated carbocycles. The molecule has 1 atom stereocenters. The van der Waals surface area contributed by atoms with Gasteiger partial charge >= 0.3 is 0 Å². The van der Waals surface area contributed by atoms with E-state index < -0.39 is 0 Å². The first kappa shape index (κ1) is 17.7. The topological polar surface area (TPSA) is 72.8 Å². The molecule has 1 fully saturated rings. The number of nitrogens with zero attached hydrogens (tertiary/aromatic N) is 3. The van der Waals surface area contributed by atoms with Crippen molar-refractivity contribution in [1.29, 1.82) is 5.26 Å². The van der Waals surface area contributed by atoms with Crippen LogP contribution in [0.15, 0.2) is 54.7 Å². The maximum atomic E-state index is 13.4. The van der Waals surface area contributed by atoms with Crippen LogP contribution < -0.4 is 0 Å². The fourth-order valence-corrected chi connectivity index (χ4v) is 4.34. The number of nitrogens with one attached hydrogen (secondary N) is 1. The summed E-state index contributed by atoms with van der Waals surface area (Å²) in [5, 5.41) is 16.4. The molecule has 0 radical (unpaired) electrons. The molecule has 2 aliphatic rings. The lowest BCUT2D eigenvalue weighted by molar-refractivity contribution is 0.0643. The zero-order chi connectivity index (χ0) is 19.8. The maximum absolute atomic E-state index is 13.4. The van der Waals surface area contributed by atoms with Crippen LogP contribution in [0.1, 0.15) is 46.4 Å². The largest absolute Gasteiger partial charge is 0.332 e. The average molecular weight is 382 g/mol. The van der Waals surface area contributed by atoms with Gasteiger partial charge in [0, 0.05) is 23.3 Å². The van der Waals surface area contributed by atoms with Crippen LogP contribution in [0.25, 0.3) is 11.1 Å². The van der Waals surface area contributed by atoms with Gasteiger partial charge in [0.05, 0.1) is 17.8 Å². The van der Waals surface area contributed by atoms with E-state index in [4.69, 9.17) is 5.26 Å². The quantitative estimate of drug-likeness (QED) is 0.738. The van der Waals surface area contributed by atoms with Crippen molar-refractivity contribution in [3.05, 3.63) is 77.1 Å². The lowest BCUT2D eigenvalue weighted by Crippen LogP contribution is -2.44. The van der Waals surface area contributed by atoms with Gasteiger partial charge in [-0.2, -0.15) is 10.4 Å². The van der Waals surface area contributed by atoms with Gasteiger partial charge in [-0.15, -0.1) is 0 Å². The molecule has 5 heteroatoms. The van der Waals surface area contributed by atoms with E-state index in [2.05, 4.69) is 21.2 Å². The minimum absolute atomic E-state index is 0.127. The van der Waals surface area contributed by atoms with E-state index in [-0.39, 0.29) is 11.9 Å². The highest BCUT2D eigenvalue weighted by atomic mass is 16.2. The fourth-order valence-electron chi connectivity index (χ4n) is 4.34. The molecule has 1 unspecified atom stereocenters. The maximum Gasteiger partial charge on any atom is 0.254 e. The van der Waals surface area contributed by atoms with Crippen LogP contribution >= 0.6 is 0 Å². The summed E-state index contributed by atoms with van der Waals surface area (Å²) in [5.74, 6) is 0.127. The molecule has 1 amide bonds. The lowest BCUT2D eigenvalue weighted by Gasteiger charge is -2.34. The van der Waals surface area contributed by atoms with Gasteiger partial charge in [-0.3, -0.25) is 9.89 Å². The molecule has 1 aromatic heterocycles. The van der Waals surface area contributed by atoms with Crippen LogP contribution in [-0.4, -0.2) is 33.1 Å². The van der Waals surface area contributed by atoms with Gasteiger partial charge < -0.3 is 4.90 Å². The highest BCUT2D eigenvalue weighted by Gasteiger charge is 2.39. The number of hydrogen-bond donors (Lipinski definition) is 1. The Kier molecular flexibility index (Phi) is 4.40. The third-order valence-electron chi connectivity index (χ3n) is 6.02. The van der Waals surface area contributed by atoms with E-state index in [0.29, 0.717) is 11.6 Å². The first-order valence-corrected chi connectivity index (χ1v) is 10.2. The smallest absolute Gasteiger partial charge is 0.254 e. The Balaban J connectivity index is 1.38. The van der Waals surface area contributed by atoms with E-state index in [0.717, 1.165) is 48.8 Å². The molecule has 5 rings (SSSR count). The number of fused-ring (bicyclic) bond motifs is 1. The Bertz CT molecular complexity index is 1090. The zero-order valence-electron chi connectivity index (χ0n) is 16.1. The van der Waals surface area contributed by atoms with Gasteiger partial charge in [0.2, 0.25) is 0 Å². The van der Waals surface area contributed by atoms with E-state index >= 15 is 0 Å². The highest BCUT2D eigenvalue weighted by molar-refractivity contribution is 5.95. The van der Waals surface area contributed by atoms with E-state index in [1.54, 1.807) is 6.07 Å². The minimum atomic E-state index is 0.127. The number of H-pyrrole nitrogens is 1. The summed E-state index contributed by atoms with van der Waals surface area (Å²) in [6, 6.07) is 18.1. The predicted molar refractivity (Wildman–Crippen MR) is 110 cm³/mol. The summed E-state index contributed by atoms with van der Waals surface area (Å²) in [5.41, 5.74) is 5.83. The Morgan fingerprint density at radius 2 is 1.90 bits per heavy atom. The second kappa shape index (κ2) is 7.21. The number of rotatable bonds is 4. The number of aromatic amines is 1. The summed E-state index contributed by atoms with van der Waals surface area (Å²) in [7, 11) is 0. The SMILES string of the molecule is N#Cc1cccc(-c2ccc(C(=O)N(C3CC3)C3CCc4[nH]ncc4C3)cc2)c1. The van der Waals surface area contributed by atoms with Crippen molar-refractivity contribution in [2.24, 2.45) is 0 Å². The number of hydrogen-bond acceptors (Lipinski definition) is 3. The zero-order valence-corrected chi connectivity index (χ0v) is 16.1. The molecule has 2 aromatic carbocycles. The number of benzene rings is 2. The van der Waals surface area contributed by atoms with Crippen LogP contribution in [0.4, 0.5) is 0 Å². The number of aromatic nitrogens is 2. The summed E-state index contributed by atoms with van der Waals surface area (Å²) in [6.45, 7) is 0. The lowest BCUT2D eigenvalue weighted by atomic mass is 9.91. The Labute approximate surface area is 170 Å². The number of amides is 1. The molecule has 1 N–H and O–H groups in total. The van der Waals surface area contributed by atoms with Crippen LogP contribution in [0.2, 0.25) is 0 Å². The highest BCUT2D eigenvalue weighted by Crippen LogP contribution is 2.34. The third kappa shape index (κ3) is 3.42. The van der Waals surface area contributed by atoms with Crippen molar-refractivity contribution in [3.63, 3.8) is 0 Å². The Morgan fingerprint density at radius 1 is 1.07 bits per heavy atom. The average Bonchev–Trinajstić information content (AvgIpc) is 3.49. The van der Waals surface area contributed by atoms with E-state index in [1.807, 2.05) is 48.7 Å². The number of aryl methyl sites for hydroxylation is 1. The third-order valence-corrected chi connectivity index (χ3v) is 6.02. The van der Waals surface area contributed by atoms with E-state index in [9.17, 15) is 4.79 Å². The molecule has 0 spiro atoms. The van der Waals surface area contributed by atoms with Crippen LogP contribution in [-0.2, 0) is 12.8 Å². The molecule has 3 aromatic rings. The molecule has 0 bridgehead atoms. The molecular weight excluding hydrogens is 360 g/mol. The first-order valence-electron chi connectivity index (χ1n) is 10.2. The van der Waals surface area contributed by atoms with Gasteiger partial charge in [0.1, 0.15) is 0 Å². The van der Waals surface area contributed by atoms with Gasteiger partial charge in [-0.05, 0) is 73.1 Å². The van der Waals surface area contributed by atoms with Crippen molar-refractivity contribution in [2.75, 3.05) is 0 Å². The summed E-state index contributed by atoms with van der Waals surface area (Å²) in [4.78, 5) is 15.5. The van der Waals surface area contributed by atoms with Gasteiger partial charge in [-0.25, -0.2) is 0 Å². The van der Waals surface area contributed by atoms with Crippen LogP contribution in [0.3, 0.4) is 0 Å². The number of carbonyl (C=O) groups is 1. The summed E-state index contributed by atoms with van der Waals surface area (Å²) < 4.78 is 0. The molecule has 1 heterocycles. The molecule has 5 nitrogen and oxygen atoms in total. The normalized spacial score (nSPS) is 18.0. The Morgan fingerprint density at radius 3 is 2.66 bits per heavy atom. The van der Waals surface area contributed by atoms with E-state index in [1.165, 1.54) is 11.3 Å². The summed E-state index contributed by atoms with van der Waals surface area (Å²) >= 11 is 0. The molecule has 2 aliphatic carbocycles. The number of carbonyl (C=O) groups excluding carboxylic acids is 1. The van der Waals surface area contributed by atoms with Gasteiger partial charge in [0.25, 0.3) is 5.91 Å². The monoisotopic (exact) mass is 382 g/mol. The second-order valence-corrected chi connectivity index (χ2v) is 7.98. The minimum Gasteiger partial charge on any atom is -0.332 e. The number of nitriles is 1. The van der Waals surface area contributed by atoms with Crippen molar-refractivity contribution in [3.8, 4) is 17.2 Å². The van der Waals surface area contributed by atoms with Crippen LogP contribution in [0.5, 0.6) is 0 Å². The standard InChI is InChI=1S/C24H22N4O/c25-14-16-2-1-3-19(12-16)17-4-6-18(7-5-17)24(29)28(21-8-9-21)22-10-11-23-20(13-22)15-26-27-23/h1-7,12,15,21-22H,8-11,13H2,(H,26,27). The van der Waals surface area contributed by atoms with Gasteiger partial charge in [0.15, 0.2) is 0 Å². The fraction of sp³-hybridized carbons (Fsp3) is 0.292. The molecule has 0 aliphatic heterocycles. The predicted octanol–water partition coefficient (Wildman–Crippen LogP) is 4.11. The molecule has 144 valence electrons. The Hall–Kier alpha value is -3.39. The van der Waals surface area contributed by atoms with Crippen molar-refractivity contribution >= 4 is 5.91 Å². The summed E-state index contributed by atoms with van der Waals surface area (Å²) in [6.07, 6.45) is 6.91. The molecular formula is C24H22N4O.